The first-order valence-corrected chi connectivity index (χ1v) is 13.0. The van der Waals surface area contributed by atoms with Crippen molar-refractivity contribution in [1.82, 2.24) is 14.7 Å². The Morgan fingerprint density at radius 2 is 1.65 bits per heavy atom. The maximum absolute atomic E-state index is 4.52. The topological polar surface area (TPSA) is 9.72 Å². The molecule has 31 heavy (non-hydrogen) atoms. The SMILES string of the molecule is C=C(CC[C@H]1CCC[C@@H](c2ccc(C)c(C)c2)N1C)N1CCC(N2CCCCC2)CC1. The van der Waals surface area contributed by atoms with Gasteiger partial charge in [0.25, 0.3) is 0 Å². The molecule has 1 aromatic rings. The van der Waals surface area contributed by atoms with E-state index in [0.717, 1.165) is 12.5 Å². The molecule has 0 unspecified atom stereocenters. The molecule has 3 heteroatoms. The summed E-state index contributed by atoms with van der Waals surface area (Å²) in [7, 11) is 2.36. The van der Waals surface area contributed by atoms with E-state index in [2.05, 4.69) is 60.4 Å². The van der Waals surface area contributed by atoms with E-state index >= 15 is 0 Å². The number of benzene rings is 1. The van der Waals surface area contributed by atoms with Crippen molar-refractivity contribution in [3.8, 4) is 0 Å². The van der Waals surface area contributed by atoms with Gasteiger partial charge in [-0.3, -0.25) is 4.90 Å². The Hall–Kier alpha value is -1.32. The molecule has 0 aromatic heterocycles. The van der Waals surface area contributed by atoms with Crippen molar-refractivity contribution in [2.24, 2.45) is 0 Å². The molecule has 0 radical (unpaired) electrons. The number of likely N-dealkylation sites (tertiary alicyclic amines) is 3. The van der Waals surface area contributed by atoms with E-state index in [1.807, 2.05) is 0 Å². The van der Waals surface area contributed by atoms with Crippen molar-refractivity contribution in [3.63, 3.8) is 0 Å². The Labute approximate surface area is 191 Å². The zero-order chi connectivity index (χ0) is 21.8. The summed E-state index contributed by atoms with van der Waals surface area (Å²) in [6, 6.07) is 9.17. The van der Waals surface area contributed by atoms with Crippen LogP contribution in [0.3, 0.4) is 0 Å². The molecule has 0 bridgehead atoms. The molecule has 1 aromatic carbocycles. The molecule has 0 N–H and O–H groups in total. The van der Waals surface area contributed by atoms with Gasteiger partial charge in [-0.15, -0.1) is 0 Å². The zero-order valence-electron chi connectivity index (χ0n) is 20.4. The summed E-state index contributed by atoms with van der Waals surface area (Å²) < 4.78 is 0. The number of aryl methyl sites for hydroxylation is 2. The molecule has 3 nitrogen and oxygen atoms in total. The van der Waals surface area contributed by atoms with Crippen LogP contribution in [0.25, 0.3) is 0 Å². The fourth-order valence-electron chi connectivity index (χ4n) is 6.25. The van der Waals surface area contributed by atoms with Crippen LogP contribution < -0.4 is 0 Å². The molecule has 3 aliphatic heterocycles. The van der Waals surface area contributed by atoms with Crippen LogP contribution >= 0.6 is 0 Å². The van der Waals surface area contributed by atoms with Crippen LogP contribution in [0.1, 0.15) is 86.9 Å². The quantitative estimate of drug-likeness (QED) is 0.549. The van der Waals surface area contributed by atoms with Crippen molar-refractivity contribution >= 4 is 0 Å². The van der Waals surface area contributed by atoms with Gasteiger partial charge in [0.15, 0.2) is 0 Å². The molecule has 0 aliphatic carbocycles. The summed E-state index contributed by atoms with van der Waals surface area (Å²) in [6.45, 7) is 14.1. The molecule has 2 atom stereocenters. The fourth-order valence-corrected chi connectivity index (χ4v) is 6.25. The smallest absolute Gasteiger partial charge is 0.0348 e. The summed E-state index contributed by atoms with van der Waals surface area (Å²) in [5.74, 6) is 0. The molecule has 0 amide bonds. The average Bonchev–Trinajstić information content (AvgIpc) is 2.81. The van der Waals surface area contributed by atoms with E-state index < -0.39 is 0 Å². The number of nitrogens with zero attached hydrogens (tertiary/aromatic N) is 3. The Morgan fingerprint density at radius 1 is 0.903 bits per heavy atom. The van der Waals surface area contributed by atoms with Gasteiger partial charge < -0.3 is 9.80 Å². The second-order valence-electron chi connectivity index (χ2n) is 10.5. The van der Waals surface area contributed by atoms with Crippen LogP contribution in [0.5, 0.6) is 0 Å². The highest BCUT2D eigenvalue weighted by Crippen LogP contribution is 2.36. The Balaban J connectivity index is 1.25. The predicted molar refractivity (Wildman–Crippen MR) is 132 cm³/mol. The summed E-state index contributed by atoms with van der Waals surface area (Å²) >= 11 is 0. The molecule has 0 saturated carbocycles. The van der Waals surface area contributed by atoms with Crippen molar-refractivity contribution in [2.45, 2.75) is 96.2 Å². The first kappa shape index (κ1) is 22.9. The van der Waals surface area contributed by atoms with Gasteiger partial charge in [0.1, 0.15) is 0 Å². The summed E-state index contributed by atoms with van der Waals surface area (Å²) in [5, 5.41) is 0. The molecular formula is C28H45N3. The standard InChI is InChI=1S/C28H45N3/c1-22-11-13-25(21-23(22)2)28-10-8-9-26(29(28)4)14-12-24(3)30-19-15-27(16-20-30)31-17-6-5-7-18-31/h11,13,21,26-28H,3,5-10,12,14-20H2,1-2,4H3/t26-,28+/m1/s1. The third-order valence-corrected chi connectivity index (χ3v) is 8.58. The summed E-state index contributed by atoms with van der Waals surface area (Å²) in [5.41, 5.74) is 5.72. The molecule has 0 spiro atoms. The molecular weight excluding hydrogens is 378 g/mol. The number of hydrogen-bond donors (Lipinski definition) is 0. The zero-order valence-corrected chi connectivity index (χ0v) is 20.4. The lowest BCUT2D eigenvalue weighted by Crippen LogP contribution is -2.46. The van der Waals surface area contributed by atoms with Gasteiger partial charge in [-0.05, 0) is 108 Å². The minimum atomic E-state index is 0.576. The van der Waals surface area contributed by atoms with Crippen molar-refractivity contribution in [2.75, 3.05) is 33.2 Å². The first-order valence-electron chi connectivity index (χ1n) is 13.0. The summed E-state index contributed by atoms with van der Waals surface area (Å²) in [6.07, 6.45) is 13.3. The molecule has 3 saturated heterocycles. The van der Waals surface area contributed by atoms with Crippen LogP contribution in [0, 0.1) is 13.8 Å². The highest BCUT2D eigenvalue weighted by molar-refractivity contribution is 5.32. The largest absolute Gasteiger partial charge is 0.375 e. The molecule has 172 valence electrons. The first-order chi connectivity index (χ1) is 15.0. The maximum atomic E-state index is 4.52. The predicted octanol–water partition coefficient (Wildman–Crippen LogP) is 6.07. The van der Waals surface area contributed by atoms with Crippen molar-refractivity contribution in [3.05, 3.63) is 47.2 Å². The lowest BCUT2D eigenvalue weighted by Gasteiger charge is -2.42. The minimum Gasteiger partial charge on any atom is -0.375 e. The highest BCUT2D eigenvalue weighted by atomic mass is 15.2. The van der Waals surface area contributed by atoms with Gasteiger partial charge in [0, 0.05) is 36.9 Å². The number of piperidine rings is 3. The Bertz CT molecular complexity index is 728. The Morgan fingerprint density at radius 3 is 2.35 bits per heavy atom. The molecule has 3 aliphatic rings. The number of hydrogen-bond acceptors (Lipinski definition) is 3. The van der Waals surface area contributed by atoms with Crippen LogP contribution in [-0.4, -0.2) is 60.0 Å². The van der Waals surface area contributed by atoms with Gasteiger partial charge in [0.05, 0.1) is 0 Å². The van der Waals surface area contributed by atoms with E-state index in [-0.39, 0.29) is 0 Å². The molecule has 3 heterocycles. The minimum absolute atomic E-state index is 0.576. The van der Waals surface area contributed by atoms with E-state index in [4.69, 9.17) is 0 Å². The molecule has 3 fully saturated rings. The monoisotopic (exact) mass is 423 g/mol. The number of allylic oxidation sites excluding steroid dienone is 1. The van der Waals surface area contributed by atoms with Gasteiger partial charge >= 0.3 is 0 Å². The van der Waals surface area contributed by atoms with Gasteiger partial charge in [-0.25, -0.2) is 0 Å². The van der Waals surface area contributed by atoms with Crippen LogP contribution in [0.2, 0.25) is 0 Å². The maximum Gasteiger partial charge on any atom is 0.0348 e. The van der Waals surface area contributed by atoms with Crippen molar-refractivity contribution < 1.29 is 0 Å². The highest BCUT2D eigenvalue weighted by Gasteiger charge is 2.30. The second-order valence-corrected chi connectivity index (χ2v) is 10.5. The van der Waals surface area contributed by atoms with Crippen molar-refractivity contribution in [1.29, 1.82) is 0 Å². The lowest BCUT2D eigenvalue weighted by atomic mass is 9.88. The molecule has 4 rings (SSSR count). The number of rotatable bonds is 6. The van der Waals surface area contributed by atoms with Gasteiger partial charge in [0.2, 0.25) is 0 Å². The van der Waals surface area contributed by atoms with Crippen LogP contribution in [-0.2, 0) is 0 Å². The third-order valence-electron chi connectivity index (χ3n) is 8.58. The van der Waals surface area contributed by atoms with Crippen LogP contribution in [0.15, 0.2) is 30.5 Å². The van der Waals surface area contributed by atoms with Crippen LogP contribution in [0.4, 0.5) is 0 Å². The lowest BCUT2D eigenvalue weighted by molar-refractivity contribution is 0.0960. The fraction of sp³-hybridized carbons (Fsp3) is 0.714. The van der Waals surface area contributed by atoms with E-state index in [9.17, 15) is 0 Å². The van der Waals surface area contributed by atoms with E-state index in [1.165, 1.54) is 106 Å². The van der Waals surface area contributed by atoms with Gasteiger partial charge in [-0.2, -0.15) is 0 Å². The summed E-state index contributed by atoms with van der Waals surface area (Å²) in [4.78, 5) is 8.04. The van der Waals surface area contributed by atoms with E-state index in [1.54, 1.807) is 0 Å². The third kappa shape index (κ3) is 5.54. The normalized spacial score (nSPS) is 26.9. The van der Waals surface area contributed by atoms with E-state index in [0.29, 0.717) is 12.1 Å². The second kappa shape index (κ2) is 10.5. The Kier molecular flexibility index (Phi) is 7.77. The average molecular weight is 424 g/mol. The van der Waals surface area contributed by atoms with Gasteiger partial charge in [-0.1, -0.05) is 31.2 Å².